The highest BCUT2D eigenvalue weighted by atomic mass is 32.2. The van der Waals surface area contributed by atoms with Crippen molar-refractivity contribution in [1.82, 2.24) is 0 Å². The molecule has 26 heavy (non-hydrogen) atoms. The first-order valence-corrected chi connectivity index (χ1v) is 10.3. The monoisotopic (exact) mass is 385 g/mol. The number of benzene rings is 2. The highest BCUT2D eigenvalue weighted by Gasteiger charge is 2.30. The molecule has 5 nitrogen and oxygen atoms in total. The topological polar surface area (TPSA) is 72.5 Å². The van der Waals surface area contributed by atoms with Crippen molar-refractivity contribution in [3.05, 3.63) is 65.0 Å². The number of thiophene rings is 1. The van der Waals surface area contributed by atoms with E-state index in [1.54, 1.807) is 61.7 Å². The first-order valence-electron chi connectivity index (χ1n) is 7.88. The Balaban J connectivity index is 1.69. The SMILES string of the molecule is COc1cccc(NC(=O)c2cc3c(s2)-c2ccccc2S(=O)(=O)C3)c1. The van der Waals surface area contributed by atoms with Crippen molar-refractivity contribution in [2.24, 2.45) is 0 Å². The van der Waals surface area contributed by atoms with Crippen LogP contribution in [0.5, 0.6) is 5.75 Å². The Morgan fingerprint density at radius 2 is 1.92 bits per heavy atom. The van der Waals surface area contributed by atoms with Gasteiger partial charge in [0.15, 0.2) is 9.84 Å². The maximum Gasteiger partial charge on any atom is 0.265 e. The van der Waals surface area contributed by atoms with Crippen LogP contribution in [0.25, 0.3) is 10.4 Å². The van der Waals surface area contributed by atoms with Crippen LogP contribution < -0.4 is 10.1 Å². The predicted octanol–water partition coefficient (Wildman–Crippen LogP) is 3.96. The van der Waals surface area contributed by atoms with Crippen molar-refractivity contribution >= 4 is 32.8 Å². The number of rotatable bonds is 3. The first-order chi connectivity index (χ1) is 12.5. The zero-order valence-corrected chi connectivity index (χ0v) is 15.5. The van der Waals surface area contributed by atoms with Gasteiger partial charge in [-0.15, -0.1) is 11.3 Å². The quantitative estimate of drug-likeness (QED) is 0.741. The molecule has 2 aromatic carbocycles. The lowest BCUT2D eigenvalue weighted by Gasteiger charge is -2.15. The number of sulfone groups is 1. The van der Waals surface area contributed by atoms with Crippen LogP contribution in [-0.4, -0.2) is 21.4 Å². The summed E-state index contributed by atoms with van der Waals surface area (Å²) in [6, 6.07) is 15.7. The number of fused-ring (bicyclic) bond motifs is 3. The second-order valence-electron chi connectivity index (χ2n) is 5.91. The van der Waals surface area contributed by atoms with E-state index in [9.17, 15) is 13.2 Å². The molecule has 1 N–H and O–H groups in total. The third-order valence-corrected chi connectivity index (χ3v) is 7.10. The third-order valence-electron chi connectivity index (χ3n) is 4.17. The van der Waals surface area contributed by atoms with Gasteiger partial charge in [-0.1, -0.05) is 24.3 Å². The molecule has 0 radical (unpaired) electrons. The second kappa shape index (κ2) is 6.26. The molecule has 1 aliphatic rings. The lowest BCUT2D eigenvalue weighted by Crippen LogP contribution is -2.11. The number of hydrogen-bond donors (Lipinski definition) is 1. The number of carbonyl (C=O) groups excluding carboxylic acids is 1. The van der Waals surface area contributed by atoms with E-state index in [1.807, 2.05) is 0 Å². The lowest BCUT2D eigenvalue weighted by molar-refractivity contribution is 0.103. The molecule has 0 saturated carbocycles. The van der Waals surface area contributed by atoms with Gasteiger partial charge in [0, 0.05) is 22.2 Å². The highest BCUT2D eigenvalue weighted by molar-refractivity contribution is 7.91. The van der Waals surface area contributed by atoms with Crippen LogP contribution in [0.2, 0.25) is 0 Å². The first kappa shape index (κ1) is 16.8. The fourth-order valence-electron chi connectivity index (χ4n) is 2.98. The van der Waals surface area contributed by atoms with Gasteiger partial charge in [-0.3, -0.25) is 4.79 Å². The van der Waals surface area contributed by atoms with Gasteiger partial charge < -0.3 is 10.1 Å². The Bertz CT molecular complexity index is 1120. The Morgan fingerprint density at radius 1 is 1.12 bits per heavy atom. The molecule has 0 aliphatic carbocycles. The Morgan fingerprint density at radius 3 is 2.73 bits per heavy atom. The molecule has 1 aliphatic heterocycles. The predicted molar refractivity (Wildman–Crippen MR) is 102 cm³/mol. The average molecular weight is 385 g/mol. The van der Waals surface area contributed by atoms with Gasteiger partial charge >= 0.3 is 0 Å². The van der Waals surface area contributed by atoms with Crippen LogP contribution in [0.1, 0.15) is 15.2 Å². The third kappa shape index (κ3) is 2.89. The molecule has 0 saturated heterocycles. The largest absolute Gasteiger partial charge is 0.497 e. The van der Waals surface area contributed by atoms with Gasteiger partial charge in [0.05, 0.1) is 22.6 Å². The van der Waals surface area contributed by atoms with E-state index in [1.165, 1.54) is 11.3 Å². The molecule has 1 amide bonds. The summed E-state index contributed by atoms with van der Waals surface area (Å²) in [5.41, 5.74) is 1.96. The van der Waals surface area contributed by atoms with E-state index < -0.39 is 9.84 Å². The zero-order chi connectivity index (χ0) is 18.3. The molecule has 0 unspecified atom stereocenters. The van der Waals surface area contributed by atoms with Crippen LogP contribution in [0.4, 0.5) is 5.69 Å². The second-order valence-corrected chi connectivity index (χ2v) is 8.92. The molecule has 3 aromatic rings. The van der Waals surface area contributed by atoms with Crippen molar-refractivity contribution in [3.63, 3.8) is 0 Å². The van der Waals surface area contributed by atoms with Crippen molar-refractivity contribution < 1.29 is 17.9 Å². The molecule has 4 rings (SSSR count). The summed E-state index contributed by atoms with van der Waals surface area (Å²) in [7, 11) is -1.82. The zero-order valence-electron chi connectivity index (χ0n) is 13.9. The van der Waals surface area contributed by atoms with Gasteiger partial charge in [-0.2, -0.15) is 0 Å². The number of methoxy groups -OCH3 is 1. The number of ether oxygens (including phenoxy) is 1. The van der Waals surface area contributed by atoms with E-state index >= 15 is 0 Å². The van der Waals surface area contributed by atoms with Gasteiger partial charge in [0.25, 0.3) is 5.91 Å². The van der Waals surface area contributed by atoms with Crippen molar-refractivity contribution in [2.45, 2.75) is 10.6 Å². The molecular formula is C19H15NO4S2. The van der Waals surface area contributed by atoms with Crippen molar-refractivity contribution in [3.8, 4) is 16.2 Å². The molecule has 2 heterocycles. The minimum absolute atomic E-state index is 0.0811. The van der Waals surface area contributed by atoms with E-state index in [0.717, 1.165) is 4.88 Å². The number of amides is 1. The molecule has 1 aromatic heterocycles. The van der Waals surface area contributed by atoms with Gasteiger partial charge in [-0.25, -0.2) is 8.42 Å². The molecule has 132 valence electrons. The molecule has 0 fully saturated rings. The van der Waals surface area contributed by atoms with Crippen molar-refractivity contribution in [2.75, 3.05) is 12.4 Å². The fraction of sp³-hybridized carbons (Fsp3) is 0.105. The van der Waals surface area contributed by atoms with Crippen molar-refractivity contribution in [1.29, 1.82) is 0 Å². The number of carbonyl (C=O) groups is 1. The minimum atomic E-state index is -3.38. The van der Waals surface area contributed by atoms with Crippen LogP contribution in [0.3, 0.4) is 0 Å². The summed E-state index contributed by atoms with van der Waals surface area (Å²) < 4.78 is 30.1. The van der Waals surface area contributed by atoms with E-state index in [4.69, 9.17) is 4.74 Å². The minimum Gasteiger partial charge on any atom is -0.497 e. The maximum absolute atomic E-state index is 12.6. The van der Waals surface area contributed by atoms with Gasteiger partial charge in [0.2, 0.25) is 0 Å². The van der Waals surface area contributed by atoms with Gasteiger partial charge in [-0.05, 0) is 29.8 Å². The van der Waals surface area contributed by atoms with Crippen LogP contribution >= 0.6 is 11.3 Å². The van der Waals surface area contributed by atoms with Crippen LogP contribution in [-0.2, 0) is 15.6 Å². The molecule has 0 bridgehead atoms. The number of anilines is 1. The summed E-state index contributed by atoms with van der Waals surface area (Å²) in [4.78, 5) is 14.3. The summed E-state index contributed by atoms with van der Waals surface area (Å²) in [5.74, 6) is 0.295. The Kier molecular flexibility index (Phi) is 4.05. The number of hydrogen-bond acceptors (Lipinski definition) is 5. The Labute approximate surface area is 155 Å². The average Bonchev–Trinajstić information content (AvgIpc) is 3.05. The van der Waals surface area contributed by atoms with Crippen LogP contribution in [0, 0.1) is 0 Å². The standard InChI is InChI=1S/C19H15NO4S2/c1-24-14-6-4-5-13(10-14)20-19(21)16-9-12-11-26(22,23)17-8-3-2-7-15(17)18(12)25-16/h2-10H,11H2,1H3,(H,20,21). The fourth-order valence-corrected chi connectivity index (χ4v) is 5.83. The maximum atomic E-state index is 12.6. The van der Waals surface area contributed by atoms with E-state index in [-0.39, 0.29) is 11.7 Å². The van der Waals surface area contributed by atoms with E-state index in [0.29, 0.717) is 32.3 Å². The summed E-state index contributed by atoms with van der Waals surface area (Å²) in [6.07, 6.45) is 0. The summed E-state index contributed by atoms with van der Waals surface area (Å²) >= 11 is 1.31. The molecule has 0 atom stereocenters. The normalized spacial score (nSPS) is 14.2. The summed E-state index contributed by atoms with van der Waals surface area (Å²) in [6.45, 7) is 0. The summed E-state index contributed by atoms with van der Waals surface area (Å²) in [5, 5.41) is 2.83. The van der Waals surface area contributed by atoms with E-state index in [2.05, 4.69) is 5.32 Å². The Hall–Kier alpha value is -2.64. The molecule has 0 spiro atoms. The molecule has 7 heteroatoms. The highest BCUT2D eigenvalue weighted by Crippen LogP contribution is 2.42. The molecular weight excluding hydrogens is 370 g/mol. The van der Waals surface area contributed by atoms with Crippen LogP contribution in [0.15, 0.2) is 59.5 Å². The van der Waals surface area contributed by atoms with Gasteiger partial charge in [0.1, 0.15) is 5.75 Å². The lowest BCUT2D eigenvalue weighted by atomic mass is 10.1. The smallest absolute Gasteiger partial charge is 0.265 e. The number of nitrogens with one attached hydrogen (secondary N) is 1.